The summed E-state index contributed by atoms with van der Waals surface area (Å²) in [6, 6.07) is 15.3. The molecule has 0 radical (unpaired) electrons. The number of hydrogen-bond acceptors (Lipinski definition) is 3. The fourth-order valence-corrected chi connectivity index (χ4v) is 1.77. The van der Waals surface area contributed by atoms with E-state index in [1.807, 2.05) is 65.0 Å². The van der Waals surface area contributed by atoms with Crippen LogP contribution in [0.3, 0.4) is 0 Å². The fourth-order valence-electron chi connectivity index (χ4n) is 1.77. The fraction of sp³-hybridized carbons (Fsp3) is 0.316. The summed E-state index contributed by atoms with van der Waals surface area (Å²) in [6.07, 6.45) is 0. The maximum absolute atomic E-state index is 11.4. The summed E-state index contributed by atoms with van der Waals surface area (Å²) in [5.41, 5.74) is 3.77. The first-order valence-electron chi connectivity index (χ1n) is 7.66. The molecule has 2 aromatic rings. The standard InChI is InChI=1S/C15H14O3.2C2H6/c1-11-3-2-4-14(9-11)12-5-7-13(8-6-12)15(17)18-10-16;2*1-2/h2-9,16H,10H2,1H3;2*1-2H3. The Morgan fingerprint density at radius 1 is 0.955 bits per heavy atom. The van der Waals surface area contributed by atoms with Gasteiger partial charge in [0.2, 0.25) is 0 Å². The molecule has 0 aliphatic carbocycles. The highest BCUT2D eigenvalue weighted by atomic mass is 16.6. The van der Waals surface area contributed by atoms with Gasteiger partial charge in [-0.25, -0.2) is 4.79 Å². The molecule has 0 amide bonds. The first-order chi connectivity index (χ1) is 10.7. The Hall–Kier alpha value is -2.13. The van der Waals surface area contributed by atoms with Crippen molar-refractivity contribution < 1.29 is 14.6 Å². The van der Waals surface area contributed by atoms with E-state index in [0.29, 0.717) is 5.56 Å². The molecule has 0 atom stereocenters. The van der Waals surface area contributed by atoms with Gasteiger partial charge in [0.05, 0.1) is 5.56 Å². The topological polar surface area (TPSA) is 46.5 Å². The number of carbonyl (C=O) groups excluding carboxylic acids is 1. The van der Waals surface area contributed by atoms with Crippen LogP contribution in [0.5, 0.6) is 0 Å². The Labute approximate surface area is 133 Å². The highest BCUT2D eigenvalue weighted by Crippen LogP contribution is 2.20. The zero-order chi connectivity index (χ0) is 17.0. The van der Waals surface area contributed by atoms with Crippen LogP contribution in [0.25, 0.3) is 11.1 Å². The second-order valence-corrected chi connectivity index (χ2v) is 4.01. The zero-order valence-electron chi connectivity index (χ0n) is 14.1. The van der Waals surface area contributed by atoms with Crippen molar-refractivity contribution in [3.63, 3.8) is 0 Å². The molecular weight excluding hydrogens is 276 g/mol. The van der Waals surface area contributed by atoms with Gasteiger partial charge in [-0.05, 0) is 30.2 Å². The molecular formula is C19H26O3. The van der Waals surface area contributed by atoms with Crippen molar-refractivity contribution in [1.82, 2.24) is 0 Å². The van der Waals surface area contributed by atoms with Gasteiger partial charge < -0.3 is 9.84 Å². The van der Waals surface area contributed by atoms with Crippen LogP contribution in [0.1, 0.15) is 43.6 Å². The Morgan fingerprint density at radius 2 is 1.55 bits per heavy atom. The van der Waals surface area contributed by atoms with E-state index in [4.69, 9.17) is 5.11 Å². The summed E-state index contributed by atoms with van der Waals surface area (Å²) in [5, 5.41) is 8.52. The Balaban J connectivity index is 0.00000102. The van der Waals surface area contributed by atoms with Crippen LogP contribution in [-0.4, -0.2) is 17.9 Å². The van der Waals surface area contributed by atoms with E-state index in [-0.39, 0.29) is 0 Å². The number of hydrogen-bond donors (Lipinski definition) is 1. The van der Waals surface area contributed by atoms with E-state index in [1.54, 1.807) is 12.1 Å². The summed E-state index contributed by atoms with van der Waals surface area (Å²) in [4.78, 5) is 11.4. The van der Waals surface area contributed by atoms with Gasteiger partial charge in [-0.2, -0.15) is 0 Å². The highest BCUT2D eigenvalue weighted by Gasteiger charge is 2.06. The number of esters is 1. The van der Waals surface area contributed by atoms with Crippen molar-refractivity contribution in [2.75, 3.05) is 6.79 Å². The smallest absolute Gasteiger partial charge is 0.340 e. The predicted octanol–water partition coefficient (Wildman–Crippen LogP) is 4.82. The number of ether oxygens (including phenoxy) is 1. The SMILES string of the molecule is CC.CC.Cc1cccc(-c2ccc(C(=O)OCO)cc2)c1. The lowest BCUT2D eigenvalue weighted by molar-refractivity contribution is 0.00684. The number of aryl methyl sites for hydroxylation is 1. The van der Waals surface area contributed by atoms with Crippen LogP contribution in [0.4, 0.5) is 0 Å². The highest BCUT2D eigenvalue weighted by molar-refractivity contribution is 5.90. The average Bonchev–Trinajstić information content (AvgIpc) is 2.59. The summed E-state index contributed by atoms with van der Waals surface area (Å²) < 4.78 is 4.51. The third-order valence-electron chi connectivity index (χ3n) is 2.67. The van der Waals surface area contributed by atoms with E-state index in [9.17, 15) is 4.79 Å². The monoisotopic (exact) mass is 302 g/mol. The average molecular weight is 302 g/mol. The van der Waals surface area contributed by atoms with E-state index in [2.05, 4.69) is 10.8 Å². The molecule has 0 heterocycles. The van der Waals surface area contributed by atoms with Crippen LogP contribution >= 0.6 is 0 Å². The summed E-state index contributed by atoms with van der Waals surface area (Å²) >= 11 is 0. The minimum absolute atomic E-state index is 0.431. The van der Waals surface area contributed by atoms with Crippen LogP contribution in [0.15, 0.2) is 48.5 Å². The van der Waals surface area contributed by atoms with Gasteiger partial charge in [-0.15, -0.1) is 0 Å². The van der Waals surface area contributed by atoms with Crippen molar-refractivity contribution in [3.05, 3.63) is 59.7 Å². The minimum Gasteiger partial charge on any atom is -0.435 e. The summed E-state index contributed by atoms with van der Waals surface area (Å²) in [6.45, 7) is 9.44. The molecule has 0 spiro atoms. The van der Waals surface area contributed by atoms with Gasteiger partial charge in [0.25, 0.3) is 0 Å². The normalized spacial score (nSPS) is 8.82. The van der Waals surface area contributed by atoms with Crippen molar-refractivity contribution in [1.29, 1.82) is 0 Å². The maximum atomic E-state index is 11.4. The van der Waals surface area contributed by atoms with Gasteiger partial charge in [-0.1, -0.05) is 69.7 Å². The first-order valence-corrected chi connectivity index (χ1v) is 7.66. The van der Waals surface area contributed by atoms with Crippen molar-refractivity contribution in [3.8, 4) is 11.1 Å². The second kappa shape index (κ2) is 11.5. The van der Waals surface area contributed by atoms with Crippen LogP contribution in [-0.2, 0) is 4.74 Å². The lowest BCUT2D eigenvalue weighted by atomic mass is 10.0. The molecule has 0 saturated carbocycles. The molecule has 3 nitrogen and oxygen atoms in total. The zero-order valence-corrected chi connectivity index (χ0v) is 14.1. The van der Waals surface area contributed by atoms with Gasteiger partial charge in [0.1, 0.15) is 0 Å². The van der Waals surface area contributed by atoms with Crippen molar-refractivity contribution in [2.45, 2.75) is 34.6 Å². The molecule has 0 aliphatic heterocycles. The molecule has 0 bridgehead atoms. The number of benzene rings is 2. The molecule has 0 fully saturated rings. The quantitative estimate of drug-likeness (QED) is 0.653. The van der Waals surface area contributed by atoms with E-state index in [0.717, 1.165) is 11.1 Å². The molecule has 1 N–H and O–H groups in total. The molecule has 120 valence electrons. The van der Waals surface area contributed by atoms with Crippen LogP contribution < -0.4 is 0 Å². The number of rotatable bonds is 3. The molecule has 0 unspecified atom stereocenters. The van der Waals surface area contributed by atoms with Crippen LogP contribution in [0, 0.1) is 6.92 Å². The van der Waals surface area contributed by atoms with E-state index >= 15 is 0 Å². The van der Waals surface area contributed by atoms with Crippen LogP contribution in [0.2, 0.25) is 0 Å². The molecule has 22 heavy (non-hydrogen) atoms. The van der Waals surface area contributed by atoms with Crippen molar-refractivity contribution in [2.24, 2.45) is 0 Å². The molecule has 0 aromatic heterocycles. The third kappa shape index (κ3) is 6.10. The van der Waals surface area contributed by atoms with Gasteiger partial charge in [0, 0.05) is 0 Å². The maximum Gasteiger partial charge on any atom is 0.340 e. The Kier molecular flexibility index (Phi) is 10.4. The minimum atomic E-state index is -0.599. The van der Waals surface area contributed by atoms with Crippen molar-refractivity contribution >= 4 is 5.97 Å². The lowest BCUT2D eigenvalue weighted by Crippen LogP contribution is -2.05. The second-order valence-electron chi connectivity index (χ2n) is 4.01. The van der Waals surface area contributed by atoms with E-state index in [1.165, 1.54) is 5.56 Å². The summed E-state index contributed by atoms with van der Waals surface area (Å²) in [7, 11) is 0. The third-order valence-corrected chi connectivity index (χ3v) is 2.67. The molecule has 0 aliphatic rings. The van der Waals surface area contributed by atoms with Gasteiger partial charge in [0.15, 0.2) is 6.79 Å². The molecule has 3 heteroatoms. The number of aliphatic hydroxyl groups excluding tert-OH is 1. The van der Waals surface area contributed by atoms with Gasteiger partial charge in [-0.3, -0.25) is 0 Å². The molecule has 2 rings (SSSR count). The lowest BCUT2D eigenvalue weighted by Gasteiger charge is -2.05. The Morgan fingerprint density at radius 3 is 2.05 bits per heavy atom. The Bertz CT molecular complexity index is 545. The largest absolute Gasteiger partial charge is 0.435 e. The molecule has 0 saturated heterocycles. The molecule has 2 aromatic carbocycles. The summed E-state index contributed by atoms with van der Waals surface area (Å²) in [5.74, 6) is -0.520. The number of carbonyl (C=O) groups is 1. The predicted molar refractivity (Wildman–Crippen MR) is 91.8 cm³/mol. The van der Waals surface area contributed by atoms with Gasteiger partial charge >= 0.3 is 5.97 Å². The van der Waals surface area contributed by atoms with E-state index < -0.39 is 12.8 Å². The number of aliphatic hydroxyl groups is 1. The first kappa shape index (κ1) is 19.9.